The van der Waals surface area contributed by atoms with E-state index < -0.39 is 5.60 Å². The topological polar surface area (TPSA) is 50.7 Å². The van der Waals surface area contributed by atoms with Crippen LogP contribution in [0.5, 0.6) is 11.5 Å². The summed E-state index contributed by atoms with van der Waals surface area (Å²) in [5, 5.41) is 13.7. The predicted molar refractivity (Wildman–Crippen MR) is 79.3 cm³/mol. The number of methoxy groups -OCH3 is 1. The molecule has 2 N–H and O–H groups in total. The zero-order valence-corrected chi connectivity index (χ0v) is 12.4. The number of benzene rings is 1. The summed E-state index contributed by atoms with van der Waals surface area (Å²) in [5.41, 5.74) is 0.533. The summed E-state index contributed by atoms with van der Waals surface area (Å²) < 4.78 is 11.0. The van der Waals surface area contributed by atoms with Gasteiger partial charge < -0.3 is 19.9 Å². The Balaban J connectivity index is 1.96. The van der Waals surface area contributed by atoms with Crippen LogP contribution in [0.15, 0.2) is 18.2 Å². The first-order chi connectivity index (χ1) is 9.68. The van der Waals surface area contributed by atoms with Gasteiger partial charge in [0.2, 0.25) is 0 Å². The van der Waals surface area contributed by atoms with Crippen LogP contribution in [0, 0.1) is 0 Å². The van der Waals surface area contributed by atoms with Crippen LogP contribution >= 0.6 is 0 Å². The third-order valence-corrected chi connectivity index (χ3v) is 3.87. The van der Waals surface area contributed by atoms with Crippen molar-refractivity contribution in [1.82, 2.24) is 5.32 Å². The van der Waals surface area contributed by atoms with Crippen molar-refractivity contribution < 1.29 is 14.6 Å². The van der Waals surface area contributed by atoms with Gasteiger partial charge in [-0.15, -0.1) is 0 Å². The Bertz CT molecular complexity index is 428. The van der Waals surface area contributed by atoms with Crippen molar-refractivity contribution in [3.05, 3.63) is 23.8 Å². The maximum absolute atomic E-state index is 10.3. The molecule has 0 saturated heterocycles. The van der Waals surface area contributed by atoms with Crippen LogP contribution in [-0.2, 0) is 6.54 Å². The second-order valence-electron chi connectivity index (χ2n) is 5.42. The molecular weight excluding hydrogens is 254 g/mol. The van der Waals surface area contributed by atoms with Gasteiger partial charge in [-0.2, -0.15) is 0 Å². The van der Waals surface area contributed by atoms with Gasteiger partial charge in [-0.3, -0.25) is 0 Å². The van der Waals surface area contributed by atoms with E-state index in [1.165, 1.54) is 0 Å². The third kappa shape index (κ3) is 3.64. The quantitative estimate of drug-likeness (QED) is 0.805. The number of aliphatic hydroxyl groups is 1. The van der Waals surface area contributed by atoms with Crippen LogP contribution in [0.2, 0.25) is 0 Å². The van der Waals surface area contributed by atoms with E-state index in [4.69, 9.17) is 9.47 Å². The summed E-state index contributed by atoms with van der Waals surface area (Å²) in [6.07, 6.45) is 4.05. The zero-order valence-electron chi connectivity index (χ0n) is 12.4. The molecule has 0 aromatic heterocycles. The van der Waals surface area contributed by atoms with Gasteiger partial charge >= 0.3 is 0 Å². The number of para-hydroxylation sites is 1. The summed E-state index contributed by atoms with van der Waals surface area (Å²) in [6, 6.07) is 5.90. The molecule has 112 valence electrons. The fourth-order valence-corrected chi connectivity index (χ4v) is 2.84. The van der Waals surface area contributed by atoms with Gasteiger partial charge in [0.15, 0.2) is 11.5 Å². The second kappa shape index (κ2) is 6.95. The first-order valence-electron chi connectivity index (χ1n) is 7.40. The fourth-order valence-electron chi connectivity index (χ4n) is 2.84. The number of hydrogen-bond donors (Lipinski definition) is 2. The highest BCUT2D eigenvalue weighted by molar-refractivity contribution is 5.46. The Kier molecular flexibility index (Phi) is 5.26. The lowest BCUT2D eigenvalue weighted by molar-refractivity contribution is 0.0474. The van der Waals surface area contributed by atoms with Gasteiger partial charge in [-0.25, -0.2) is 0 Å². The number of ether oxygens (including phenoxy) is 2. The molecule has 0 heterocycles. The van der Waals surface area contributed by atoms with Gasteiger partial charge in [0.25, 0.3) is 0 Å². The van der Waals surface area contributed by atoms with E-state index in [-0.39, 0.29) is 0 Å². The number of hydrogen-bond acceptors (Lipinski definition) is 4. The first-order valence-corrected chi connectivity index (χ1v) is 7.40. The molecule has 0 unspecified atom stereocenters. The molecule has 4 heteroatoms. The Labute approximate surface area is 121 Å². The van der Waals surface area contributed by atoms with Crippen LogP contribution in [0.4, 0.5) is 0 Å². The van der Waals surface area contributed by atoms with Gasteiger partial charge in [0.05, 0.1) is 19.3 Å². The standard InChI is InChI=1S/C16H25NO3/c1-3-20-14-8-6-7-13(15(14)19-2)11-17-12-16(18)9-4-5-10-16/h6-8,17-18H,3-5,9-12H2,1-2H3. The van der Waals surface area contributed by atoms with Gasteiger partial charge in [0.1, 0.15) is 0 Å². The maximum Gasteiger partial charge on any atom is 0.165 e. The lowest BCUT2D eigenvalue weighted by atomic mass is 10.0. The minimum atomic E-state index is -0.523. The summed E-state index contributed by atoms with van der Waals surface area (Å²) in [6.45, 7) is 3.88. The summed E-state index contributed by atoms with van der Waals surface area (Å²) in [7, 11) is 1.66. The normalized spacial score (nSPS) is 17.1. The Morgan fingerprint density at radius 3 is 2.70 bits per heavy atom. The van der Waals surface area contributed by atoms with E-state index in [1.54, 1.807) is 7.11 Å². The molecule has 1 aromatic carbocycles. The summed E-state index contributed by atoms with van der Waals surface area (Å²) in [4.78, 5) is 0. The molecule has 1 fully saturated rings. The smallest absolute Gasteiger partial charge is 0.165 e. The number of rotatable bonds is 7. The van der Waals surface area contributed by atoms with Gasteiger partial charge in [-0.05, 0) is 25.8 Å². The van der Waals surface area contributed by atoms with Crippen molar-refractivity contribution in [3.8, 4) is 11.5 Å². The molecule has 1 aliphatic carbocycles. The molecule has 0 amide bonds. The molecule has 1 aromatic rings. The van der Waals surface area contributed by atoms with E-state index in [9.17, 15) is 5.11 Å². The first kappa shape index (κ1) is 15.1. The van der Waals surface area contributed by atoms with E-state index in [2.05, 4.69) is 5.32 Å². The highest BCUT2D eigenvalue weighted by atomic mass is 16.5. The van der Waals surface area contributed by atoms with Gasteiger partial charge in [-0.1, -0.05) is 25.0 Å². The van der Waals surface area contributed by atoms with Crippen molar-refractivity contribution in [3.63, 3.8) is 0 Å². The second-order valence-corrected chi connectivity index (χ2v) is 5.42. The molecule has 20 heavy (non-hydrogen) atoms. The minimum Gasteiger partial charge on any atom is -0.493 e. The highest BCUT2D eigenvalue weighted by Gasteiger charge is 2.30. The van der Waals surface area contributed by atoms with Crippen molar-refractivity contribution in [1.29, 1.82) is 0 Å². The van der Waals surface area contributed by atoms with Crippen molar-refractivity contribution in [2.24, 2.45) is 0 Å². The molecule has 0 aliphatic heterocycles. The van der Waals surface area contributed by atoms with E-state index in [0.717, 1.165) is 42.7 Å². The van der Waals surface area contributed by atoms with E-state index >= 15 is 0 Å². The average Bonchev–Trinajstić information content (AvgIpc) is 2.86. The van der Waals surface area contributed by atoms with Crippen LogP contribution in [-0.4, -0.2) is 31.0 Å². The molecule has 4 nitrogen and oxygen atoms in total. The molecule has 0 radical (unpaired) electrons. The Hall–Kier alpha value is -1.26. The van der Waals surface area contributed by atoms with Crippen LogP contribution in [0.3, 0.4) is 0 Å². The third-order valence-electron chi connectivity index (χ3n) is 3.87. The average molecular weight is 279 g/mol. The lowest BCUT2D eigenvalue weighted by Gasteiger charge is -2.23. The van der Waals surface area contributed by atoms with E-state index in [1.807, 2.05) is 25.1 Å². The SMILES string of the molecule is CCOc1cccc(CNCC2(O)CCCC2)c1OC. The van der Waals surface area contributed by atoms with Crippen molar-refractivity contribution >= 4 is 0 Å². The Morgan fingerprint density at radius 1 is 1.30 bits per heavy atom. The predicted octanol–water partition coefficient (Wildman–Crippen LogP) is 2.49. The summed E-state index contributed by atoms with van der Waals surface area (Å²) in [5.74, 6) is 1.55. The van der Waals surface area contributed by atoms with Crippen molar-refractivity contribution in [2.75, 3.05) is 20.3 Å². The zero-order chi connectivity index (χ0) is 14.4. The molecular formula is C16H25NO3. The van der Waals surface area contributed by atoms with Crippen molar-refractivity contribution in [2.45, 2.75) is 44.8 Å². The molecule has 2 rings (SSSR count). The van der Waals surface area contributed by atoms with E-state index in [0.29, 0.717) is 19.7 Å². The molecule has 1 aliphatic rings. The van der Waals surface area contributed by atoms with Crippen LogP contribution < -0.4 is 14.8 Å². The fraction of sp³-hybridized carbons (Fsp3) is 0.625. The molecule has 0 bridgehead atoms. The summed E-state index contributed by atoms with van der Waals surface area (Å²) >= 11 is 0. The Morgan fingerprint density at radius 2 is 2.05 bits per heavy atom. The molecule has 1 saturated carbocycles. The number of nitrogens with one attached hydrogen (secondary N) is 1. The highest BCUT2D eigenvalue weighted by Crippen LogP contribution is 2.32. The molecule has 0 spiro atoms. The maximum atomic E-state index is 10.3. The lowest BCUT2D eigenvalue weighted by Crippen LogP contribution is -2.37. The minimum absolute atomic E-state index is 0.523. The monoisotopic (exact) mass is 279 g/mol. The molecule has 0 atom stereocenters. The largest absolute Gasteiger partial charge is 0.493 e. The van der Waals surface area contributed by atoms with Gasteiger partial charge in [0, 0.05) is 18.7 Å². The van der Waals surface area contributed by atoms with Crippen LogP contribution in [0.1, 0.15) is 38.2 Å². The van der Waals surface area contributed by atoms with Crippen LogP contribution in [0.25, 0.3) is 0 Å².